The van der Waals surface area contributed by atoms with Crippen molar-refractivity contribution in [3.63, 3.8) is 0 Å². The molecule has 1 heterocycles. The van der Waals surface area contributed by atoms with Crippen LogP contribution in [0.4, 0.5) is 11.4 Å². The predicted molar refractivity (Wildman–Crippen MR) is 104 cm³/mol. The Bertz CT molecular complexity index is 659. The highest BCUT2D eigenvalue weighted by atomic mass is 32.2. The summed E-state index contributed by atoms with van der Waals surface area (Å²) in [5.41, 5.74) is 1.73. The second kappa shape index (κ2) is 8.19. The number of benzene rings is 1. The third-order valence-corrected chi connectivity index (χ3v) is 5.30. The molecule has 1 N–H and O–H groups in total. The largest absolute Gasteiger partial charge is 0.391 e. The van der Waals surface area contributed by atoms with Crippen molar-refractivity contribution in [3.05, 3.63) is 33.9 Å². The number of hydrogen-bond donors (Lipinski definition) is 1. The van der Waals surface area contributed by atoms with Gasteiger partial charge in [-0.25, -0.2) is 4.99 Å². The third kappa shape index (κ3) is 4.73. The van der Waals surface area contributed by atoms with Gasteiger partial charge in [-0.1, -0.05) is 39.5 Å². The molecule has 7 heteroatoms. The first kappa shape index (κ1) is 19.7. The van der Waals surface area contributed by atoms with E-state index in [4.69, 9.17) is 4.99 Å². The summed E-state index contributed by atoms with van der Waals surface area (Å²) >= 11 is 1.64. The van der Waals surface area contributed by atoms with Crippen molar-refractivity contribution in [1.82, 2.24) is 4.90 Å². The molecule has 1 fully saturated rings. The van der Waals surface area contributed by atoms with Crippen LogP contribution >= 0.6 is 11.8 Å². The lowest BCUT2D eigenvalue weighted by Crippen LogP contribution is -2.43. The third-order valence-electron chi connectivity index (χ3n) is 4.21. The van der Waals surface area contributed by atoms with Gasteiger partial charge >= 0.3 is 0 Å². The summed E-state index contributed by atoms with van der Waals surface area (Å²) in [4.78, 5) is 17.7. The first-order valence-electron chi connectivity index (χ1n) is 8.65. The molecule has 0 unspecified atom stereocenters. The summed E-state index contributed by atoms with van der Waals surface area (Å²) in [5, 5.41) is 22.0. The van der Waals surface area contributed by atoms with Crippen LogP contribution < -0.4 is 0 Å². The van der Waals surface area contributed by atoms with E-state index in [1.165, 1.54) is 6.07 Å². The average Bonchev–Trinajstić information content (AvgIpc) is 2.89. The predicted octanol–water partition coefficient (Wildman–Crippen LogP) is 4.16. The van der Waals surface area contributed by atoms with Gasteiger partial charge < -0.3 is 10.0 Å². The van der Waals surface area contributed by atoms with E-state index in [9.17, 15) is 15.2 Å². The van der Waals surface area contributed by atoms with Crippen LogP contribution in [0.1, 0.15) is 46.1 Å². The normalized spacial score (nSPS) is 20.7. The molecule has 1 saturated heterocycles. The SMILES string of the molecule is CC(C)CN1/C(=N/c2ccc([N+](=O)[O-])cc2C(C)C)SC[C@H]1[C@@H](C)O. The van der Waals surface area contributed by atoms with E-state index in [0.717, 1.165) is 28.7 Å². The van der Waals surface area contributed by atoms with Crippen molar-refractivity contribution in [2.24, 2.45) is 10.9 Å². The van der Waals surface area contributed by atoms with E-state index in [1.807, 2.05) is 20.8 Å². The quantitative estimate of drug-likeness (QED) is 0.605. The molecule has 0 amide bonds. The number of rotatable bonds is 6. The van der Waals surface area contributed by atoms with Crippen LogP contribution in [-0.4, -0.2) is 44.5 Å². The van der Waals surface area contributed by atoms with Gasteiger partial charge in [-0.3, -0.25) is 10.1 Å². The maximum atomic E-state index is 11.1. The summed E-state index contributed by atoms with van der Waals surface area (Å²) in [6.45, 7) is 10.9. The fourth-order valence-electron chi connectivity index (χ4n) is 2.90. The maximum Gasteiger partial charge on any atom is 0.269 e. The van der Waals surface area contributed by atoms with Crippen LogP contribution in [-0.2, 0) is 0 Å². The Kier molecular flexibility index (Phi) is 6.46. The summed E-state index contributed by atoms with van der Waals surface area (Å²) in [5.74, 6) is 1.39. The standard InChI is InChI=1S/C18H27N3O3S/c1-11(2)9-20-17(13(5)22)10-25-18(20)19-16-7-6-14(21(23)24)8-15(16)12(3)4/h6-8,11-13,17,22H,9-10H2,1-5H3/b19-18-/t13-,17+/m1/s1. The summed E-state index contributed by atoms with van der Waals surface area (Å²) in [6.07, 6.45) is -0.430. The van der Waals surface area contributed by atoms with E-state index >= 15 is 0 Å². The Morgan fingerprint density at radius 2 is 2.04 bits per heavy atom. The fourth-order valence-corrected chi connectivity index (χ4v) is 4.22. The van der Waals surface area contributed by atoms with Crippen LogP contribution in [0, 0.1) is 16.0 Å². The van der Waals surface area contributed by atoms with Gasteiger partial charge in [0.25, 0.3) is 5.69 Å². The van der Waals surface area contributed by atoms with Gasteiger partial charge in [0.15, 0.2) is 5.17 Å². The Balaban J connectivity index is 2.42. The molecule has 0 spiro atoms. The Hall–Kier alpha value is -1.60. The molecule has 1 aliphatic heterocycles. The molecule has 1 aromatic carbocycles. The number of non-ortho nitro benzene ring substituents is 1. The Morgan fingerprint density at radius 3 is 2.56 bits per heavy atom. The minimum Gasteiger partial charge on any atom is -0.391 e. The lowest BCUT2D eigenvalue weighted by molar-refractivity contribution is -0.384. The van der Waals surface area contributed by atoms with E-state index in [2.05, 4.69) is 18.7 Å². The molecule has 2 rings (SSSR count). The zero-order chi connectivity index (χ0) is 18.7. The molecule has 0 radical (unpaired) electrons. The highest BCUT2D eigenvalue weighted by Gasteiger charge is 2.33. The number of aliphatic hydroxyl groups is 1. The van der Waals surface area contributed by atoms with Crippen molar-refractivity contribution in [1.29, 1.82) is 0 Å². The molecule has 0 bridgehead atoms. The number of aliphatic hydroxyl groups excluding tert-OH is 1. The van der Waals surface area contributed by atoms with Crippen molar-refractivity contribution >= 4 is 28.3 Å². The van der Waals surface area contributed by atoms with Crippen LogP contribution in [0.5, 0.6) is 0 Å². The molecule has 0 saturated carbocycles. The maximum absolute atomic E-state index is 11.1. The molecular weight excluding hydrogens is 338 g/mol. The molecule has 0 aromatic heterocycles. The van der Waals surface area contributed by atoms with Crippen LogP contribution in [0.25, 0.3) is 0 Å². The summed E-state index contributed by atoms with van der Waals surface area (Å²) < 4.78 is 0. The number of amidine groups is 1. The first-order chi connectivity index (χ1) is 11.7. The monoisotopic (exact) mass is 365 g/mol. The van der Waals surface area contributed by atoms with E-state index in [0.29, 0.717) is 5.92 Å². The van der Waals surface area contributed by atoms with Crippen LogP contribution in [0.2, 0.25) is 0 Å². The highest BCUT2D eigenvalue weighted by molar-refractivity contribution is 8.14. The lowest BCUT2D eigenvalue weighted by Gasteiger charge is -2.29. The first-order valence-corrected chi connectivity index (χ1v) is 9.63. The molecule has 0 aliphatic carbocycles. The van der Waals surface area contributed by atoms with Crippen molar-refractivity contribution < 1.29 is 10.0 Å². The minimum atomic E-state index is -0.430. The van der Waals surface area contributed by atoms with E-state index in [-0.39, 0.29) is 22.6 Å². The highest BCUT2D eigenvalue weighted by Crippen LogP contribution is 2.34. The molecule has 1 aromatic rings. The topological polar surface area (TPSA) is 79.0 Å². The molecule has 1 aliphatic rings. The zero-order valence-corrected chi connectivity index (χ0v) is 16.3. The lowest BCUT2D eigenvalue weighted by atomic mass is 10.0. The number of nitro groups is 1. The van der Waals surface area contributed by atoms with E-state index < -0.39 is 6.10 Å². The van der Waals surface area contributed by atoms with Gasteiger partial charge in [0.05, 0.1) is 22.8 Å². The number of thioether (sulfide) groups is 1. The van der Waals surface area contributed by atoms with Gasteiger partial charge in [0.2, 0.25) is 0 Å². The van der Waals surface area contributed by atoms with Gasteiger partial charge in [-0.15, -0.1) is 0 Å². The van der Waals surface area contributed by atoms with Crippen molar-refractivity contribution in [2.75, 3.05) is 12.3 Å². The Morgan fingerprint density at radius 1 is 1.36 bits per heavy atom. The fraction of sp³-hybridized carbons (Fsp3) is 0.611. The number of aliphatic imine (C=N–C) groups is 1. The van der Waals surface area contributed by atoms with Crippen LogP contribution in [0.3, 0.4) is 0 Å². The molecule has 138 valence electrons. The van der Waals surface area contributed by atoms with Gasteiger partial charge in [0, 0.05) is 24.4 Å². The second-order valence-corrected chi connectivity index (χ2v) is 8.20. The second-order valence-electron chi connectivity index (χ2n) is 7.21. The molecule has 2 atom stereocenters. The van der Waals surface area contributed by atoms with Crippen LogP contribution in [0.15, 0.2) is 23.2 Å². The molecule has 6 nitrogen and oxygen atoms in total. The summed E-state index contributed by atoms with van der Waals surface area (Å²) in [7, 11) is 0. The Labute approximate surface area is 153 Å². The minimum absolute atomic E-state index is 0.0479. The number of hydrogen-bond acceptors (Lipinski definition) is 5. The number of nitro benzene ring substituents is 1. The average molecular weight is 365 g/mol. The van der Waals surface area contributed by atoms with Crippen molar-refractivity contribution in [2.45, 2.75) is 52.7 Å². The molecular formula is C18H27N3O3S. The smallest absolute Gasteiger partial charge is 0.269 e. The van der Waals surface area contributed by atoms with Gasteiger partial charge in [-0.05, 0) is 30.4 Å². The van der Waals surface area contributed by atoms with Gasteiger partial charge in [-0.2, -0.15) is 0 Å². The van der Waals surface area contributed by atoms with Gasteiger partial charge in [0.1, 0.15) is 0 Å². The molecule has 25 heavy (non-hydrogen) atoms. The zero-order valence-electron chi connectivity index (χ0n) is 15.5. The van der Waals surface area contributed by atoms with E-state index in [1.54, 1.807) is 23.9 Å². The van der Waals surface area contributed by atoms with Crippen molar-refractivity contribution in [3.8, 4) is 0 Å². The summed E-state index contributed by atoms with van der Waals surface area (Å²) in [6, 6.07) is 4.89. The number of nitrogens with zero attached hydrogens (tertiary/aromatic N) is 3.